The van der Waals surface area contributed by atoms with Crippen LogP contribution in [0.3, 0.4) is 0 Å². The smallest absolute Gasteiger partial charge is 0.341 e. The Kier molecular flexibility index (Phi) is 5.38. The summed E-state index contributed by atoms with van der Waals surface area (Å²) in [6.45, 7) is 4.33. The van der Waals surface area contributed by atoms with Gasteiger partial charge in [-0.3, -0.25) is 0 Å². The lowest BCUT2D eigenvalue weighted by molar-refractivity contribution is 0.00401. The fourth-order valence-corrected chi connectivity index (χ4v) is 1.39. The van der Waals surface area contributed by atoms with Gasteiger partial charge in [-0.05, 0) is 32.0 Å². The molecule has 3 nitrogen and oxygen atoms in total. The maximum absolute atomic E-state index is 13.3. The van der Waals surface area contributed by atoms with Crippen LogP contribution in [0.15, 0.2) is 18.2 Å². The Balaban J connectivity index is 2.66. The van der Waals surface area contributed by atoms with Crippen molar-refractivity contribution >= 4 is 17.6 Å². The van der Waals surface area contributed by atoms with Crippen LogP contribution in [-0.4, -0.2) is 25.3 Å². The molecule has 17 heavy (non-hydrogen) atoms. The molecule has 5 heteroatoms. The van der Waals surface area contributed by atoms with E-state index in [-0.39, 0.29) is 17.2 Å². The van der Waals surface area contributed by atoms with E-state index in [1.807, 2.05) is 6.92 Å². The average molecular weight is 261 g/mol. The van der Waals surface area contributed by atoms with Crippen LogP contribution in [0, 0.1) is 5.82 Å². The zero-order chi connectivity index (χ0) is 12.8. The van der Waals surface area contributed by atoms with Crippen molar-refractivity contribution < 1.29 is 18.7 Å². The molecule has 0 aromatic heterocycles. The third-order valence-corrected chi connectivity index (χ3v) is 2.25. The molecule has 1 unspecified atom stereocenters. The summed E-state index contributed by atoms with van der Waals surface area (Å²) in [5.74, 6) is -1.39. The predicted molar refractivity (Wildman–Crippen MR) is 62.8 cm³/mol. The monoisotopic (exact) mass is 260 g/mol. The van der Waals surface area contributed by atoms with Gasteiger partial charge in [0.05, 0.1) is 12.2 Å². The summed E-state index contributed by atoms with van der Waals surface area (Å²) in [4.78, 5) is 11.6. The molecule has 0 fully saturated rings. The third-order valence-electron chi connectivity index (χ3n) is 2.01. The van der Waals surface area contributed by atoms with Crippen LogP contribution in [0.4, 0.5) is 4.39 Å². The first-order valence-corrected chi connectivity index (χ1v) is 5.66. The highest BCUT2D eigenvalue weighted by Crippen LogP contribution is 2.16. The first kappa shape index (κ1) is 13.9. The highest BCUT2D eigenvalue weighted by molar-refractivity contribution is 6.30. The van der Waals surface area contributed by atoms with Crippen molar-refractivity contribution in [3.63, 3.8) is 0 Å². The quantitative estimate of drug-likeness (QED) is 0.764. The van der Waals surface area contributed by atoms with Gasteiger partial charge in [-0.25, -0.2) is 9.18 Å². The second-order valence-electron chi connectivity index (χ2n) is 3.50. The molecule has 1 rings (SSSR count). The highest BCUT2D eigenvalue weighted by atomic mass is 35.5. The first-order chi connectivity index (χ1) is 8.04. The van der Waals surface area contributed by atoms with Gasteiger partial charge in [-0.1, -0.05) is 11.6 Å². The summed E-state index contributed by atoms with van der Waals surface area (Å²) in [6.07, 6.45) is -0.430. The molecular formula is C12H14ClFO3. The molecular weight excluding hydrogens is 247 g/mol. The molecule has 0 spiro atoms. The molecule has 0 aliphatic heterocycles. The van der Waals surface area contributed by atoms with Gasteiger partial charge in [0.25, 0.3) is 0 Å². The normalized spacial score (nSPS) is 12.2. The predicted octanol–water partition coefficient (Wildman–Crippen LogP) is 3.06. The van der Waals surface area contributed by atoms with Gasteiger partial charge < -0.3 is 9.47 Å². The summed E-state index contributed by atoms with van der Waals surface area (Å²) in [5, 5.41) is 0.288. The number of esters is 1. The molecule has 0 saturated carbocycles. The molecule has 1 aromatic carbocycles. The molecule has 0 amide bonds. The van der Waals surface area contributed by atoms with Crippen molar-refractivity contribution in [3.8, 4) is 0 Å². The van der Waals surface area contributed by atoms with E-state index < -0.39 is 17.9 Å². The lowest BCUT2D eigenvalue weighted by atomic mass is 10.2. The van der Waals surface area contributed by atoms with Crippen LogP contribution >= 0.6 is 11.6 Å². The number of ether oxygens (including phenoxy) is 2. The van der Waals surface area contributed by atoms with E-state index in [0.717, 1.165) is 6.07 Å². The Morgan fingerprint density at radius 2 is 2.24 bits per heavy atom. The van der Waals surface area contributed by atoms with Crippen molar-refractivity contribution in [1.29, 1.82) is 0 Å². The van der Waals surface area contributed by atoms with Crippen molar-refractivity contribution in [2.24, 2.45) is 0 Å². The minimum Gasteiger partial charge on any atom is -0.457 e. The molecule has 0 bridgehead atoms. The SMILES string of the molecule is CCOCC(C)OC(=O)c1cc(Cl)ccc1F. The maximum atomic E-state index is 13.3. The van der Waals surface area contributed by atoms with Crippen LogP contribution in [0.5, 0.6) is 0 Å². The maximum Gasteiger partial charge on any atom is 0.341 e. The zero-order valence-electron chi connectivity index (χ0n) is 9.70. The van der Waals surface area contributed by atoms with Crippen LogP contribution in [0.25, 0.3) is 0 Å². The zero-order valence-corrected chi connectivity index (χ0v) is 10.5. The molecule has 1 atom stereocenters. The Bertz CT molecular complexity index is 395. The van der Waals surface area contributed by atoms with Gasteiger partial charge in [0.15, 0.2) is 0 Å². The second kappa shape index (κ2) is 6.57. The van der Waals surface area contributed by atoms with Gasteiger partial charge >= 0.3 is 5.97 Å². The summed E-state index contributed by atoms with van der Waals surface area (Å²) < 4.78 is 23.4. The molecule has 0 aliphatic carbocycles. The van der Waals surface area contributed by atoms with E-state index in [0.29, 0.717) is 6.61 Å². The summed E-state index contributed by atoms with van der Waals surface area (Å²) in [6, 6.07) is 3.75. The largest absolute Gasteiger partial charge is 0.457 e. The van der Waals surface area contributed by atoms with Gasteiger partial charge in [-0.2, -0.15) is 0 Å². The molecule has 0 aliphatic rings. The Hall–Kier alpha value is -1.13. The summed E-state index contributed by atoms with van der Waals surface area (Å²) in [7, 11) is 0. The van der Waals surface area contributed by atoms with Gasteiger partial charge in [-0.15, -0.1) is 0 Å². The molecule has 94 valence electrons. The second-order valence-corrected chi connectivity index (χ2v) is 3.94. The Labute approximate surface area is 104 Å². The number of carbonyl (C=O) groups is 1. The first-order valence-electron chi connectivity index (χ1n) is 5.28. The Morgan fingerprint density at radius 3 is 2.88 bits per heavy atom. The fourth-order valence-electron chi connectivity index (χ4n) is 1.22. The van der Waals surface area contributed by atoms with Gasteiger partial charge in [0.2, 0.25) is 0 Å². The summed E-state index contributed by atoms with van der Waals surface area (Å²) >= 11 is 5.68. The molecule has 1 aromatic rings. The standard InChI is InChI=1S/C12H14ClFO3/c1-3-16-7-8(2)17-12(15)10-6-9(13)4-5-11(10)14/h4-6,8H,3,7H2,1-2H3. The van der Waals surface area contributed by atoms with E-state index in [4.69, 9.17) is 21.1 Å². The number of benzene rings is 1. The van der Waals surface area contributed by atoms with E-state index in [1.165, 1.54) is 12.1 Å². The van der Waals surface area contributed by atoms with Gasteiger partial charge in [0.1, 0.15) is 11.9 Å². The van der Waals surface area contributed by atoms with E-state index in [1.54, 1.807) is 6.92 Å². The molecule has 0 heterocycles. The highest BCUT2D eigenvalue weighted by Gasteiger charge is 2.16. The number of carbonyl (C=O) groups excluding carboxylic acids is 1. The van der Waals surface area contributed by atoms with Crippen molar-refractivity contribution in [1.82, 2.24) is 0 Å². The van der Waals surface area contributed by atoms with E-state index in [2.05, 4.69) is 0 Å². The van der Waals surface area contributed by atoms with Crippen molar-refractivity contribution in [3.05, 3.63) is 34.6 Å². The molecule has 0 N–H and O–H groups in total. The molecule has 0 radical (unpaired) electrons. The average Bonchev–Trinajstić information content (AvgIpc) is 2.29. The number of hydrogen-bond acceptors (Lipinski definition) is 3. The van der Waals surface area contributed by atoms with E-state index in [9.17, 15) is 9.18 Å². The Morgan fingerprint density at radius 1 is 1.53 bits per heavy atom. The fraction of sp³-hybridized carbons (Fsp3) is 0.417. The minimum absolute atomic E-state index is 0.166. The number of hydrogen-bond donors (Lipinski definition) is 0. The van der Waals surface area contributed by atoms with Crippen LogP contribution in [0.1, 0.15) is 24.2 Å². The number of rotatable bonds is 5. The van der Waals surface area contributed by atoms with E-state index >= 15 is 0 Å². The van der Waals surface area contributed by atoms with Crippen LogP contribution in [0.2, 0.25) is 5.02 Å². The summed E-state index contributed by atoms with van der Waals surface area (Å²) in [5.41, 5.74) is -0.166. The minimum atomic E-state index is -0.739. The van der Waals surface area contributed by atoms with Crippen molar-refractivity contribution in [2.45, 2.75) is 20.0 Å². The third kappa shape index (κ3) is 4.32. The van der Waals surface area contributed by atoms with Crippen molar-refractivity contribution in [2.75, 3.05) is 13.2 Å². The lowest BCUT2D eigenvalue weighted by Gasteiger charge is -2.13. The number of halogens is 2. The van der Waals surface area contributed by atoms with Gasteiger partial charge in [0, 0.05) is 11.6 Å². The lowest BCUT2D eigenvalue weighted by Crippen LogP contribution is -2.21. The molecule has 0 saturated heterocycles. The topological polar surface area (TPSA) is 35.5 Å². The van der Waals surface area contributed by atoms with Crippen LogP contribution in [-0.2, 0) is 9.47 Å². The van der Waals surface area contributed by atoms with Crippen LogP contribution < -0.4 is 0 Å².